The van der Waals surface area contributed by atoms with Crippen molar-refractivity contribution in [1.29, 1.82) is 0 Å². The third-order valence-corrected chi connectivity index (χ3v) is 5.70. The molecular formula is C13H24NO6P. The molecule has 0 bridgehead atoms. The van der Waals surface area contributed by atoms with Crippen molar-refractivity contribution in [3.63, 3.8) is 0 Å². The smallest absolute Gasteiger partial charge is 0.411 e. The van der Waals surface area contributed by atoms with E-state index >= 15 is 0 Å². The number of ether oxygens (including phenoxy) is 2. The van der Waals surface area contributed by atoms with Crippen LogP contribution in [0, 0.1) is 17.8 Å². The lowest BCUT2D eigenvalue weighted by Crippen LogP contribution is -2.52. The van der Waals surface area contributed by atoms with Gasteiger partial charge in [-0.1, -0.05) is 0 Å². The molecule has 1 aliphatic carbocycles. The number of likely N-dealkylation sites (tertiary alicyclic amines) is 1. The Labute approximate surface area is 124 Å². The predicted octanol–water partition coefficient (Wildman–Crippen LogP) is 1.64. The Bertz CT molecular complexity index is 425. The Morgan fingerprint density at radius 3 is 2.52 bits per heavy atom. The summed E-state index contributed by atoms with van der Waals surface area (Å²) < 4.78 is 21.3. The van der Waals surface area contributed by atoms with Gasteiger partial charge in [0.1, 0.15) is 6.23 Å². The Morgan fingerprint density at radius 1 is 1.24 bits per heavy atom. The first kappa shape index (κ1) is 16.7. The van der Waals surface area contributed by atoms with Crippen LogP contribution >= 0.6 is 7.60 Å². The van der Waals surface area contributed by atoms with Crippen LogP contribution in [-0.4, -0.2) is 53.9 Å². The molecule has 2 rings (SSSR count). The van der Waals surface area contributed by atoms with Crippen LogP contribution in [0.15, 0.2) is 0 Å². The van der Waals surface area contributed by atoms with Crippen LogP contribution in [0.1, 0.15) is 25.7 Å². The van der Waals surface area contributed by atoms with Gasteiger partial charge in [0.2, 0.25) is 0 Å². The number of methoxy groups -OCH3 is 2. The highest BCUT2D eigenvalue weighted by atomic mass is 31.2. The zero-order chi connectivity index (χ0) is 15.6. The van der Waals surface area contributed by atoms with Crippen molar-refractivity contribution in [3.8, 4) is 0 Å². The molecule has 1 saturated heterocycles. The van der Waals surface area contributed by atoms with E-state index in [2.05, 4.69) is 0 Å². The predicted molar refractivity (Wildman–Crippen MR) is 75.8 cm³/mol. The molecule has 1 aliphatic heterocycles. The second-order valence-electron chi connectivity index (χ2n) is 6.09. The average Bonchev–Trinajstić information content (AvgIpc) is 2.43. The lowest BCUT2D eigenvalue weighted by atomic mass is 9.71. The minimum atomic E-state index is -3.95. The molecular weight excluding hydrogens is 297 g/mol. The molecule has 2 N–H and O–H groups in total. The minimum Gasteiger partial charge on any atom is -0.453 e. The second-order valence-corrected chi connectivity index (χ2v) is 7.79. The van der Waals surface area contributed by atoms with Crippen molar-refractivity contribution in [2.24, 2.45) is 17.8 Å². The third kappa shape index (κ3) is 4.19. The Morgan fingerprint density at radius 2 is 1.95 bits per heavy atom. The summed E-state index contributed by atoms with van der Waals surface area (Å²) >= 11 is 0. The van der Waals surface area contributed by atoms with Crippen molar-refractivity contribution in [2.45, 2.75) is 31.9 Å². The number of rotatable bonds is 3. The summed E-state index contributed by atoms with van der Waals surface area (Å²) in [5.74, 6) is 0.777. The van der Waals surface area contributed by atoms with Gasteiger partial charge in [-0.25, -0.2) is 4.79 Å². The molecule has 0 spiro atoms. The highest BCUT2D eigenvalue weighted by Crippen LogP contribution is 2.46. The topological polar surface area (TPSA) is 96.3 Å². The highest BCUT2D eigenvalue weighted by molar-refractivity contribution is 7.51. The van der Waals surface area contributed by atoms with Crippen molar-refractivity contribution in [1.82, 2.24) is 4.90 Å². The summed E-state index contributed by atoms with van der Waals surface area (Å²) in [6.45, 7) is 0.596. The molecule has 1 amide bonds. The third-order valence-electron chi connectivity index (χ3n) is 4.71. The van der Waals surface area contributed by atoms with Crippen molar-refractivity contribution >= 4 is 13.7 Å². The molecule has 0 radical (unpaired) electrons. The number of carbonyl (C=O) groups is 1. The number of fused-ring (bicyclic) bond motifs is 1. The molecule has 2 fully saturated rings. The van der Waals surface area contributed by atoms with Gasteiger partial charge in [0.15, 0.2) is 0 Å². The van der Waals surface area contributed by atoms with Crippen LogP contribution in [0.3, 0.4) is 0 Å². The van der Waals surface area contributed by atoms with Gasteiger partial charge < -0.3 is 19.3 Å². The monoisotopic (exact) mass is 321 g/mol. The minimum absolute atomic E-state index is 0.0332. The van der Waals surface area contributed by atoms with E-state index in [1.165, 1.54) is 7.11 Å². The summed E-state index contributed by atoms with van der Waals surface area (Å²) in [5.41, 5.74) is 0. The number of carbonyl (C=O) groups excluding carboxylic acids is 1. The van der Waals surface area contributed by atoms with E-state index in [4.69, 9.17) is 19.3 Å². The van der Waals surface area contributed by atoms with Gasteiger partial charge in [-0.15, -0.1) is 0 Å². The van der Waals surface area contributed by atoms with Crippen molar-refractivity contribution < 1.29 is 28.6 Å². The SMILES string of the molecule is COC(=O)N1C[C@@H]2CC[C@H](CP(=O)(O)O)C[C@@H]2C[C@@H]1OC. The van der Waals surface area contributed by atoms with Crippen LogP contribution in [0.2, 0.25) is 0 Å². The fourth-order valence-electron chi connectivity index (χ4n) is 3.74. The van der Waals surface area contributed by atoms with E-state index in [9.17, 15) is 9.36 Å². The molecule has 1 saturated carbocycles. The summed E-state index contributed by atoms with van der Waals surface area (Å²) in [7, 11) is -1.03. The molecule has 2 aliphatic rings. The fraction of sp³-hybridized carbons (Fsp3) is 0.923. The first-order valence-electron chi connectivity index (χ1n) is 7.26. The van der Waals surface area contributed by atoms with E-state index in [-0.39, 0.29) is 24.4 Å². The Hall–Kier alpha value is -0.620. The molecule has 0 aromatic rings. The second kappa shape index (κ2) is 6.65. The van der Waals surface area contributed by atoms with Crippen molar-refractivity contribution in [2.75, 3.05) is 26.9 Å². The van der Waals surface area contributed by atoms with Gasteiger partial charge in [0, 0.05) is 13.7 Å². The molecule has 7 nitrogen and oxygen atoms in total. The maximum Gasteiger partial charge on any atom is 0.411 e. The summed E-state index contributed by atoms with van der Waals surface area (Å²) in [4.78, 5) is 31.7. The van der Waals surface area contributed by atoms with E-state index in [0.717, 1.165) is 19.3 Å². The van der Waals surface area contributed by atoms with Crippen LogP contribution in [-0.2, 0) is 14.0 Å². The molecule has 0 aromatic carbocycles. The lowest BCUT2D eigenvalue weighted by molar-refractivity contribution is -0.0883. The van der Waals surface area contributed by atoms with Crippen LogP contribution in [0.25, 0.3) is 0 Å². The highest BCUT2D eigenvalue weighted by Gasteiger charge is 2.42. The number of amides is 1. The molecule has 0 unspecified atom stereocenters. The molecule has 4 atom stereocenters. The van der Waals surface area contributed by atoms with Gasteiger partial charge >= 0.3 is 13.7 Å². The van der Waals surface area contributed by atoms with Gasteiger partial charge in [-0.05, 0) is 43.4 Å². The molecule has 0 aromatic heterocycles. The van der Waals surface area contributed by atoms with Crippen LogP contribution in [0.4, 0.5) is 4.79 Å². The number of hydrogen-bond donors (Lipinski definition) is 2. The van der Waals surface area contributed by atoms with Crippen molar-refractivity contribution in [3.05, 3.63) is 0 Å². The zero-order valence-electron chi connectivity index (χ0n) is 12.5. The average molecular weight is 321 g/mol. The number of piperidine rings is 1. The van der Waals surface area contributed by atoms with Gasteiger partial charge in [0.25, 0.3) is 0 Å². The lowest BCUT2D eigenvalue weighted by Gasteiger charge is -2.46. The van der Waals surface area contributed by atoms with E-state index in [0.29, 0.717) is 24.8 Å². The quantitative estimate of drug-likeness (QED) is 0.767. The van der Waals surface area contributed by atoms with Gasteiger partial charge in [-0.2, -0.15) is 0 Å². The molecule has 8 heteroatoms. The van der Waals surface area contributed by atoms with E-state index < -0.39 is 7.60 Å². The van der Waals surface area contributed by atoms with E-state index in [1.807, 2.05) is 0 Å². The summed E-state index contributed by atoms with van der Waals surface area (Å²) in [6.07, 6.45) is 2.47. The van der Waals surface area contributed by atoms with Crippen LogP contribution < -0.4 is 0 Å². The van der Waals surface area contributed by atoms with Gasteiger partial charge in [0.05, 0.1) is 13.3 Å². The van der Waals surface area contributed by atoms with Crippen LogP contribution in [0.5, 0.6) is 0 Å². The fourth-order valence-corrected chi connectivity index (χ4v) is 4.75. The van der Waals surface area contributed by atoms with Gasteiger partial charge in [-0.3, -0.25) is 9.46 Å². The van der Waals surface area contributed by atoms with E-state index in [1.54, 1.807) is 12.0 Å². The molecule has 122 valence electrons. The number of nitrogens with zero attached hydrogens (tertiary/aromatic N) is 1. The maximum absolute atomic E-state index is 11.8. The zero-order valence-corrected chi connectivity index (χ0v) is 13.4. The molecule has 1 heterocycles. The molecule has 21 heavy (non-hydrogen) atoms. The maximum atomic E-state index is 11.8. The standard InChI is InChI=1S/C13H24NO6P/c1-19-12-6-11-5-9(8-21(16,17)18)3-4-10(11)7-14(12)13(15)20-2/h9-12H,3-8H2,1-2H3,(H2,16,17,18)/t9-,10-,11+,12-/m0/s1. The largest absolute Gasteiger partial charge is 0.453 e. The summed E-state index contributed by atoms with van der Waals surface area (Å²) in [6, 6.07) is 0. The Kier molecular flexibility index (Phi) is 5.30. The Balaban J connectivity index is 2.00. The normalized spacial score (nSPS) is 33.4. The number of hydrogen-bond acceptors (Lipinski definition) is 4. The first-order chi connectivity index (χ1) is 9.84. The summed E-state index contributed by atoms with van der Waals surface area (Å²) in [5, 5.41) is 0. The first-order valence-corrected chi connectivity index (χ1v) is 9.05.